The summed E-state index contributed by atoms with van der Waals surface area (Å²) in [6.07, 6.45) is 1.45. The molecular formula is C13H9BrFNO2S. The predicted octanol–water partition coefficient (Wildman–Crippen LogP) is 3.97. The Labute approximate surface area is 122 Å². The lowest BCUT2D eigenvalue weighted by Crippen LogP contribution is -1.99. The molecule has 1 aromatic heterocycles. The van der Waals surface area contributed by atoms with Crippen LogP contribution in [0, 0.1) is 5.82 Å². The minimum atomic E-state index is -1.06. The van der Waals surface area contributed by atoms with Crippen molar-refractivity contribution in [1.29, 1.82) is 0 Å². The molecule has 0 bridgehead atoms. The van der Waals surface area contributed by atoms with Gasteiger partial charge in [0.1, 0.15) is 11.5 Å². The minimum Gasteiger partial charge on any atom is -0.477 e. The first-order valence-corrected chi connectivity index (χ1v) is 7.11. The van der Waals surface area contributed by atoms with E-state index in [1.54, 1.807) is 12.1 Å². The number of hydrogen-bond donors (Lipinski definition) is 1. The molecule has 2 rings (SSSR count). The average Bonchev–Trinajstić information content (AvgIpc) is 2.41. The van der Waals surface area contributed by atoms with Gasteiger partial charge in [0.2, 0.25) is 0 Å². The molecule has 19 heavy (non-hydrogen) atoms. The summed E-state index contributed by atoms with van der Waals surface area (Å²) in [4.78, 5) is 15.3. The Balaban J connectivity index is 2.12. The van der Waals surface area contributed by atoms with Crippen molar-refractivity contribution < 1.29 is 14.3 Å². The lowest BCUT2D eigenvalue weighted by molar-refractivity contribution is 0.0690. The van der Waals surface area contributed by atoms with E-state index in [0.717, 1.165) is 10.5 Å². The van der Waals surface area contributed by atoms with E-state index < -0.39 is 5.97 Å². The van der Waals surface area contributed by atoms with Crippen molar-refractivity contribution in [3.63, 3.8) is 0 Å². The first-order chi connectivity index (χ1) is 9.08. The van der Waals surface area contributed by atoms with Gasteiger partial charge in [0, 0.05) is 16.8 Å². The molecule has 0 spiro atoms. The molecule has 0 fully saturated rings. The Morgan fingerprint density at radius 3 is 2.95 bits per heavy atom. The van der Waals surface area contributed by atoms with Crippen LogP contribution < -0.4 is 0 Å². The summed E-state index contributed by atoms with van der Waals surface area (Å²) >= 11 is 4.62. The van der Waals surface area contributed by atoms with Crippen LogP contribution in [0.25, 0.3) is 0 Å². The lowest BCUT2D eigenvalue weighted by Gasteiger charge is -2.05. The van der Waals surface area contributed by atoms with Crippen LogP contribution in [0.15, 0.2) is 45.9 Å². The molecular weight excluding hydrogens is 333 g/mol. The van der Waals surface area contributed by atoms with Crippen LogP contribution in [0.1, 0.15) is 16.1 Å². The number of hydrogen-bond acceptors (Lipinski definition) is 3. The van der Waals surface area contributed by atoms with Gasteiger partial charge in [0.15, 0.2) is 0 Å². The Kier molecular flexibility index (Phi) is 4.55. The summed E-state index contributed by atoms with van der Waals surface area (Å²) in [6.45, 7) is 0. The number of carbonyl (C=O) groups is 1. The predicted molar refractivity (Wildman–Crippen MR) is 74.9 cm³/mol. The molecule has 3 nitrogen and oxygen atoms in total. The van der Waals surface area contributed by atoms with Gasteiger partial charge in [0.25, 0.3) is 0 Å². The van der Waals surface area contributed by atoms with Crippen molar-refractivity contribution in [3.05, 3.63) is 58.1 Å². The first-order valence-electron chi connectivity index (χ1n) is 5.33. The van der Waals surface area contributed by atoms with Crippen LogP contribution in [0.4, 0.5) is 4.39 Å². The van der Waals surface area contributed by atoms with Gasteiger partial charge >= 0.3 is 5.97 Å². The monoisotopic (exact) mass is 341 g/mol. The maximum Gasteiger partial charge on any atom is 0.354 e. The summed E-state index contributed by atoms with van der Waals surface area (Å²) in [6, 6.07) is 8.07. The molecule has 0 atom stereocenters. The third-order valence-corrected chi connectivity index (χ3v) is 4.31. The summed E-state index contributed by atoms with van der Waals surface area (Å²) in [5.41, 5.74) is 0.821. The van der Waals surface area contributed by atoms with Gasteiger partial charge in [-0.1, -0.05) is 12.1 Å². The highest BCUT2D eigenvalue weighted by Gasteiger charge is 2.08. The number of benzene rings is 1. The van der Waals surface area contributed by atoms with Crippen LogP contribution >= 0.6 is 27.7 Å². The van der Waals surface area contributed by atoms with Gasteiger partial charge < -0.3 is 5.11 Å². The number of halogens is 2. The zero-order chi connectivity index (χ0) is 13.8. The van der Waals surface area contributed by atoms with Crippen molar-refractivity contribution in [2.75, 3.05) is 0 Å². The van der Waals surface area contributed by atoms with Gasteiger partial charge in [-0.2, -0.15) is 0 Å². The second-order valence-electron chi connectivity index (χ2n) is 3.68. The summed E-state index contributed by atoms with van der Waals surface area (Å²) in [7, 11) is 0. The molecule has 6 heteroatoms. The largest absolute Gasteiger partial charge is 0.477 e. The van der Waals surface area contributed by atoms with Gasteiger partial charge in [-0.05, 0) is 39.7 Å². The van der Waals surface area contributed by atoms with Crippen molar-refractivity contribution in [2.24, 2.45) is 0 Å². The fourth-order valence-corrected chi connectivity index (χ4v) is 2.94. The van der Waals surface area contributed by atoms with Crippen molar-refractivity contribution in [2.45, 2.75) is 10.6 Å². The van der Waals surface area contributed by atoms with E-state index >= 15 is 0 Å². The molecule has 1 heterocycles. The molecule has 0 saturated carbocycles. The molecule has 0 aliphatic heterocycles. The van der Waals surface area contributed by atoms with Gasteiger partial charge in [-0.15, -0.1) is 11.8 Å². The molecule has 1 N–H and O–H groups in total. The quantitative estimate of drug-likeness (QED) is 0.854. The summed E-state index contributed by atoms with van der Waals surface area (Å²) < 4.78 is 13.8. The number of aromatic nitrogens is 1. The Hall–Kier alpha value is -1.40. The zero-order valence-electron chi connectivity index (χ0n) is 9.64. The molecule has 98 valence electrons. The van der Waals surface area contributed by atoms with Crippen molar-refractivity contribution in [1.82, 2.24) is 4.98 Å². The number of rotatable bonds is 4. The van der Waals surface area contributed by atoms with Gasteiger partial charge in [-0.3, -0.25) is 0 Å². The number of carboxylic acids is 1. The number of pyridine rings is 1. The van der Waals surface area contributed by atoms with Gasteiger partial charge in [-0.25, -0.2) is 14.2 Å². The van der Waals surface area contributed by atoms with Gasteiger partial charge in [0.05, 0.1) is 4.47 Å². The number of nitrogens with zero attached hydrogens (tertiary/aromatic N) is 1. The highest BCUT2D eigenvalue weighted by molar-refractivity contribution is 9.10. The van der Waals surface area contributed by atoms with E-state index in [-0.39, 0.29) is 11.5 Å². The molecule has 2 aromatic rings. The lowest BCUT2D eigenvalue weighted by atomic mass is 10.2. The Bertz CT molecular complexity index is 621. The molecule has 0 radical (unpaired) electrons. The van der Waals surface area contributed by atoms with Crippen LogP contribution in [0.3, 0.4) is 0 Å². The minimum absolute atomic E-state index is 0.00306. The molecule has 0 aliphatic carbocycles. The van der Waals surface area contributed by atoms with E-state index in [0.29, 0.717) is 10.2 Å². The highest BCUT2D eigenvalue weighted by Crippen LogP contribution is 2.28. The van der Waals surface area contributed by atoms with E-state index in [9.17, 15) is 9.18 Å². The summed E-state index contributed by atoms with van der Waals surface area (Å²) in [5, 5.41) is 8.85. The van der Waals surface area contributed by atoms with E-state index in [2.05, 4.69) is 20.9 Å². The number of thioether (sulfide) groups is 1. The number of carboxylic acid groups (broad SMARTS) is 1. The zero-order valence-corrected chi connectivity index (χ0v) is 12.0. The smallest absolute Gasteiger partial charge is 0.354 e. The maximum atomic E-state index is 13.3. The first kappa shape index (κ1) is 14.0. The van der Waals surface area contributed by atoms with Crippen LogP contribution in [-0.4, -0.2) is 16.1 Å². The normalized spacial score (nSPS) is 10.4. The molecule has 1 aromatic carbocycles. The molecule has 0 amide bonds. The molecule has 0 aliphatic rings. The van der Waals surface area contributed by atoms with E-state index in [4.69, 9.17) is 5.11 Å². The van der Waals surface area contributed by atoms with Crippen LogP contribution in [0.2, 0.25) is 0 Å². The van der Waals surface area contributed by atoms with Crippen LogP contribution in [0.5, 0.6) is 0 Å². The standard InChI is InChI=1S/C13H9BrFNO2S/c14-12-8(2-1-3-10(12)15)7-19-9-4-5-16-11(6-9)13(17)18/h1-6H,7H2,(H,17,18). The van der Waals surface area contributed by atoms with Crippen LogP contribution in [-0.2, 0) is 5.75 Å². The molecule has 0 unspecified atom stereocenters. The second-order valence-corrected chi connectivity index (χ2v) is 5.53. The highest BCUT2D eigenvalue weighted by atomic mass is 79.9. The topological polar surface area (TPSA) is 50.2 Å². The van der Waals surface area contributed by atoms with E-state index in [1.807, 2.05) is 6.07 Å². The number of aromatic carboxylic acids is 1. The average molecular weight is 342 g/mol. The molecule has 0 saturated heterocycles. The summed E-state index contributed by atoms with van der Waals surface area (Å²) in [5.74, 6) is -0.824. The SMILES string of the molecule is O=C(O)c1cc(SCc2cccc(F)c2Br)ccn1. The maximum absolute atomic E-state index is 13.3. The Morgan fingerprint density at radius 2 is 2.21 bits per heavy atom. The third kappa shape index (κ3) is 3.54. The van der Waals surface area contributed by atoms with E-state index in [1.165, 1.54) is 30.1 Å². The van der Waals surface area contributed by atoms with Crippen molar-refractivity contribution >= 4 is 33.7 Å². The van der Waals surface area contributed by atoms with Crippen molar-refractivity contribution in [3.8, 4) is 0 Å². The fraction of sp³-hybridized carbons (Fsp3) is 0.0769. The second kappa shape index (κ2) is 6.16. The fourth-order valence-electron chi connectivity index (χ4n) is 1.44. The Morgan fingerprint density at radius 1 is 1.42 bits per heavy atom. The third-order valence-electron chi connectivity index (χ3n) is 2.38.